The molecule has 1 saturated carbocycles. The lowest BCUT2D eigenvalue weighted by atomic mass is 10.0. The predicted octanol–water partition coefficient (Wildman–Crippen LogP) is 3.76. The fraction of sp³-hybridized carbons (Fsp3) is 0.364. The maximum absolute atomic E-state index is 13.1. The molecular formula is C22H23N5O2S. The molecule has 1 aliphatic carbocycles. The first-order chi connectivity index (χ1) is 14.7. The molecule has 30 heavy (non-hydrogen) atoms. The molecular weight excluding hydrogens is 398 g/mol. The van der Waals surface area contributed by atoms with Gasteiger partial charge in [0.05, 0.1) is 12.9 Å². The molecule has 0 N–H and O–H groups in total. The third kappa shape index (κ3) is 3.67. The molecule has 1 aromatic carbocycles. The summed E-state index contributed by atoms with van der Waals surface area (Å²) in [5.41, 5.74) is 3.11. The Bertz CT molecular complexity index is 1060. The zero-order valence-electron chi connectivity index (χ0n) is 16.8. The molecule has 8 heteroatoms. The number of nitrogens with zero attached hydrogens (tertiary/aromatic N) is 5. The van der Waals surface area contributed by atoms with E-state index in [1.54, 1.807) is 19.5 Å². The van der Waals surface area contributed by atoms with Crippen LogP contribution in [-0.4, -0.2) is 45.1 Å². The number of methoxy groups -OCH3 is 1. The minimum atomic E-state index is 0.0967. The molecule has 2 aromatic heterocycles. The number of hydrogen-bond acceptors (Lipinski definition) is 6. The van der Waals surface area contributed by atoms with Crippen molar-refractivity contribution in [2.45, 2.75) is 36.9 Å². The van der Waals surface area contributed by atoms with Gasteiger partial charge in [-0.2, -0.15) is 0 Å². The highest BCUT2D eigenvalue weighted by Gasteiger charge is 2.31. The molecule has 3 aromatic rings. The van der Waals surface area contributed by atoms with Gasteiger partial charge in [0.2, 0.25) is 5.91 Å². The van der Waals surface area contributed by atoms with Gasteiger partial charge in [-0.15, -0.1) is 10.2 Å². The third-order valence-corrected chi connectivity index (χ3v) is 6.46. The van der Waals surface area contributed by atoms with Gasteiger partial charge in [-0.1, -0.05) is 11.8 Å². The first-order valence-corrected chi connectivity index (χ1v) is 11.2. The topological polar surface area (TPSA) is 73.1 Å². The first-order valence-electron chi connectivity index (χ1n) is 10.2. The molecule has 7 nitrogen and oxygen atoms in total. The van der Waals surface area contributed by atoms with Gasteiger partial charge < -0.3 is 9.64 Å². The highest BCUT2D eigenvalue weighted by Crippen LogP contribution is 2.41. The molecule has 0 spiro atoms. The smallest absolute Gasteiger partial charge is 0.237 e. The molecule has 2 aliphatic rings. The molecule has 1 amide bonds. The van der Waals surface area contributed by atoms with Gasteiger partial charge in [0.1, 0.15) is 5.75 Å². The van der Waals surface area contributed by atoms with Gasteiger partial charge in [-0.25, -0.2) is 0 Å². The number of aryl methyl sites for hydroxylation is 1. The Balaban J connectivity index is 1.34. The van der Waals surface area contributed by atoms with E-state index in [2.05, 4.69) is 19.7 Å². The van der Waals surface area contributed by atoms with Crippen LogP contribution < -0.4 is 9.64 Å². The molecule has 1 fully saturated rings. The lowest BCUT2D eigenvalue weighted by molar-refractivity contribution is -0.116. The lowest BCUT2D eigenvalue weighted by Gasteiger charge is -2.29. The van der Waals surface area contributed by atoms with Gasteiger partial charge in [0.15, 0.2) is 11.0 Å². The van der Waals surface area contributed by atoms with E-state index in [4.69, 9.17) is 4.74 Å². The van der Waals surface area contributed by atoms with E-state index < -0.39 is 0 Å². The van der Waals surface area contributed by atoms with E-state index >= 15 is 0 Å². The van der Waals surface area contributed by atoms with Crippen LogP contribution in [0.4, 0.5) is 5.69 Å². The van der Waals surface area contributed by atoms with Crippen molar-refractivity contribution in [2.75, 3.05) is 24.3 Å². The summed E-state index contributed by atoms with van der Waals surface area (Å²) >= 11 is 1.47. The molecule has 5 rings (SSSR count). The highest BCUT2D eigenvalue weighted by molar-refractivity contribution is 7.99. The number of fused-ring (bicyclic) bond motifs is 1. The van der Waals surface area contributed by atoms with Crippen LogP contribution in [0, 0.1) is 0 Å². The Morgan fingerprint density at radius 1 is 1.27 bits per heavy atom. The monoisotopic (exact) mass is 421 g/mol. The Labute approximate surface area is 179 Å². The summed E-state index contributed by atoms with van der Waals surface area (Å²) < 4.78 is 7.50. The van der Waals surface area contributed by atoms with E-state index in [9.17, 15) is 4.79 Å². The van der Waals surface area contributed by atoms with Crippen LogP contribution in [0.1, 0.15) is 30.9 Å². The SMILES string of the molecule is COc1ccc2c(c1)CCCN2C(=O)CSc1nnc(-c2cccnc2)n1C1CC1. The van der Waals surface area contributed by atoms with Gasteiger partial charge in [0, 0.05) is 36.2 Å². The second-order valence-electron chi connectivity index (χ2n) is 7.58. The number of carbonyl (C=O) groups is 1. The van der Waals surface area contributed by atoms with E-state index in [1.165, 1.54) is 17.3 Å². The van der Waals surface area contributed by atoms with Crippen molar-refractivity contribution in [2.24, 2.45) is 0 Å². The molecule has 0 saturated heterocycles. The predicted molar refractivity (Wildman–Crippen MR) is 116 cm³/mol. The van der Waals surface area contributed by atoms with Crippen molar-refractivity contribution in [3.8, 4) is 17.1 Å². The summed E-state index contributed by atoms with van der Waals surface area (Å²) in [7, 11) is 1.67. The summed E-state index contributed by atoms with van der Waals surface area (Å²) in [6, 6.07) is 10.3. The van der Waals surface area contributed by atoms with Crippen LogP contribution in [0.3, 0.4) is 0 Å². The highest BCUT2D eigenvalue weighted by atomic mass is 32.2. The standard InChI is InChI=1S/C22H23N5O2S/c1-29-18-8-9-19-15(12-18)5-3-11-26(19)20(28)14-30-22-25-24-21(27(22)17-6-7-17)16-4-2-10-23-13-16/h2,4,8-10,12-13,17H,3,5-7,11,14H2,1H3. The van der Waals surface area contributed by atoms with Crippen molar-refractivity contribution < 1.29 is 9.53 Å². The second kappa shape index (κ2) is 8.10. The number of thioether (sulfide) groups is 1. The Kier molecular flexibility index (Phi) is 5.16. The number of aromatic nitrogens is 4. The Morgan fingerprint density at radius 3 is 2.93 bits per heavy atom. The number of ether oxygens (including phenoxy) is 1. The maximum Gasteiger partial charge on any atom is 0.237 e. The van der Waals surface area contributed by atoms with Crippen LogP contribution in [0.5, 0.6) is 5.75 Å². The largest absolute Gasteiger partial charge is 0.497 e. The van der Waals surface area contributed by atoms with E-state index in [0.717, 1.165) is 60.2 Å². The Morgan fingerprint density at radius 2 is 2.17 bits per heavy atom. The van der Waals surface area contributed by atoms with Gasteiger partial charge in [-0.05, 0) is 61.6 Å². The van der Waals surface area contributed by atoms with Gasteiger partial charge >= 0.3 is 0 Å². The first kappa shape index (κ1) is 19.1. The zero-order chi connectivity index (χ0) is 20.5. The summed E-state index contributed by atoms with van der Waals surface area (Å²) in [6.07, 6.45) is 7.72. The maximum atomic E-state index is 13.1. The van der Waals surface area contributed by atoms with Gasteiger partial charge in [-0.3, -0.25) is 14.3 Å². The minimum absolute atomic E-state index is 0.0967. The Hall–Kier alpha value is -2.87. The minimum Gasteiger partial charge on any atom is -0.497 e. The number of anilines is 1. The van der Waals surface area contributed by atoms with Crippen LogP contribution >= 0.6 is 11.8 Å². The van der Waals surface area contributed by atoms with Crippen LogP contribution in [0.2, 0.25) is 0 Å². The molecule has 3 heterocycles. The summed E-state index contributed by atoms with van der Waals surface area (Å²) in [5.74, 6) is 2.09. The lowest BCUT2D eigenvalue weighted by Crippen LogP contribution is -2.36. The van der Waals surface area contributed by atoms with Crippen molar-refractivity contribution in [3.63, 3.8) is 0 Å². The molecule has 0 atom stereocenters. The number of benzene rings is 1. The van der Waals surface area contributed by atoms with E-state index in [-0.39, 0.29) is 5.91 Å². The van der Waals surface area contributed by atoms with Crippen molar-refractivity contribution in [1.82, 2.24) is 19.7 Å². The molecule has 154 valence electrons. The number of rotatable bonds is 6. The normalized spacial score (nSPS) is 15.7. The molecule has 0 unspecified atom stereocenters. The molecule has 0 bridgehead atoms. The van der Waals surface area contributed by atoms with Crippen LogP contribution in [0.25, 0.3) is 11.4 Å². The summed E-state index contributed by atoms with van der Waals surface area (Å²) in [4.78, 5) is 19.2. The fourth-order valence-electron chi connectivity index (χ4n) is 3.89. The molecule has 1 aliphatic heterocycles. The quantitative estimate of drug-likeness (QED) is 0.565. The third-order valence-electron chi connectivity index (χ3n) is 5.53. The zero-order valence-corrected chi connectivity index (χ0v) is 17.6. The number of hydrogen-bond donors (Lipinski definition) is 0. The number of amides is 1. The summed E-state index contributed by atoms with van der Waals surface area (Å²) in [5, 5.41) is 9.61. The average molecular weight is 422 g/mol. The van der Waals surface area contributed by atoms with E-state index in [1.807, 2.05) is 35.2 Å². The second-order valence-corrected chi connectivity index (χ2v) is 8.52. The fourth-order valence-corrected chi connectivity index (χ4v) is 4.77. The van der Waals surface area contributed by atoms with Crippen molar-refractivity contribution >= 4 is 23.4 Å². The molecule has 0 radical (unpaired) electrons. The van der Waals surface area contributed by atoms with Crippen LogP contribution in [-0.2, 0) is 11.2 Å². The van der Waals surface area contributed by atoms with Crippen molar-refractivity contribution in [1.29, 1.82) is 0 Å². The average Bonchev–Trinajstić information content (AvgIpc) is 3.55. The van der Waals surface area contributed by atoms with Crippen molar-refractivity contribution in [3.05, 3.63) is 48.3 Å². The van der Waals surface area contributed by atoms with Crippen LogP contribution in [0.15, 0.2) is 47.9 Å². The summed E-state index contributed by atoms with van der Waals surface area (Å²) in [6.45, 7) is 0.745. The van der Waals surface area contributed by atoms with E-state index in [0.29, 0.717) is 11.8 Å². The van der Waals surface area contributed by atoms with Gasteiger partial charge in [0.25, 0.3) is 0 Å². The number of pyridine rings is 1. The number of carbonyl (C=O) groups excluding carboxylic acids is 1.